The Morgan fingerprint density at radius 3 is 2.34 bits per heavy atom. The summed E-state index contributed by atoms with van der Waals surface area (Å²) < 4.78 is 0. The van der Waals surface area contributed by atoms with Crippen LogP contribution < -0.4 is 10.6 Å². The Balaban J connectivity index is 1.43. The van der Waals surface area contributed by atoms with Gasteiger partial charge in [-0.1, -0.05) is 67.4 Å². The Morgan fingerprint density at radius 2 is 1.69 bits per heavy atom. The zero-order chi connectivity index (χ0) is 24.6. The molecule has 6 nitrogen and oxygen atoms in total. The minimum atomic E-state index is -0.388. The van der Waals surface area contributed by atoms with Crippen molar-refractivity contribution < 1.29 is 14.7 Å². The van der Waals surface area contributed by atoms with E-state index in [1.807, 2.05) is 35.2 Å². The summed E-state index contributed by atoms with van der Waals surface area (Å²) in [6.07, 6.45) is 6.00. The fourth-order valence-corrected chi connectivity index (χ4v) is 5.72. The van der Waals surface area contributed by atoms with Crippen molar-refractivity contribution in [2.24, 2.45) is 5.92 Å². The summed E-state index contributed by atoms with van der Waals surface area (Å²) in [5.74, 6) is 0.217. The predicted octanol–water partition coefficient (Wildman–Crippen LogP) is 3.91. The molecule has 3 N–H and O–H groups in total. The van der Waals surface area contributed by atoms with Crippen LogP contribution in [0.3, 0.4) is 0 Å². The highest BCUT2D eigenvalue weighted by atomic mass is 16.3. The molecule has 0 bridgehead atoms. The fourth-order valence-electron chi connectivity index (χ4n) is 5.72. The lowest BCUT2D eigenvalue weighted by Crippen LogP contribution is -2.44. The second-order valence-electron chi connectivity index (χ2n) is 10.0. The minimum absolute atomic E-state index is 0.0235. The second-order valence-corrected chi connectivity index (χ2v) is 10.0. The van der Waals surface area contributed by atoms with Gasteiger partial charge in [0.1, 0.15) is 0 Å². The first-order chi connectivity index (χ1) is 17.1. The normalized spacial score (nSPS) is 21.8. The van der Waals surface area contributed by atoms with Crippen LogP contribution in [0, 0.1) is 5.92 Å². The van der Waals surface area contributed by atoms with Crippen LogP contribution in [0.2, 0.25) is 0 Å². The molecule has 3 unspecified atom stereocenters. The van der Waals surface area contributed by atoms with Crippen molar-refractivity contribution in [3.63, 3.8) is 0 Å². The number of nitrogens with one attached hydrogen (secondary N) is 2. The molecule has 2 amide bonds. The van der Waals surface area contributed by atoms with Gasteiger partial charge in [0.05, 0.1) is 12.6 Å². The van der Waals surface area contributed by atoms with Crippen molar-refractivity contribution in [2.45, 2.75) is 70.0 Å². The van der Waals surface area contributed by atoms with Gasteiger partial charge in [0.25, 0.3) is 0 Å². The summed E-state index contributed by atoms with van der Waals surface area (Å²) in [4.78, 5) is 27.7. The number of carbonyl (C=O) groups excluding carboxylic acids is 2. The monoisotopic (exact) mass is 477 g/mol. The molecule has 6 heteroatoms. The van der Waals surface area contributed by atoms with Crippen LogP contribution in [0.5, 0.6) is 0 Å². The van der Waals surface area contributed by atoms with E-state index >= 15 is 0 Å². The Morgan fingerprint density at radius 1 is 1.00 bits per heavy atom. The van der Waals surface area contributed by atoms with Gasteiger partial charge in [-0.15, -0.1) is 0 Å². The third-order valence-electron chi connectivity index (χ3n) is 7.72. The highest BCUT2D eigenvalue weighted by Gasteiger charge is 2.33. The summed E-state index contributed by atoms with van der Waals surface area (Å²) in [5, 5.41) is 16.4. The molecule has 2 aromatic carbocycles. The van der Waals surface area contributed by atoms with Crippen molar-refractivity contribution >= 4 is 11.8 Å². The van der Waals surface area contributed by atoms with Gasteiger partial charge in [-0.25, -0.2) is 0 Å². The van der Waals surface area contributed by atoms with E-state index in [0.29, 0.717) is 12.6 Å². The van der Waals surface area contributed by atoms with Crippen LogP contribution in [-0.2, 0) is 16.1 Å². The van der Waals surface area contributed by atoms with E-state index < -0.39 is 0 Å². The first kappa shape index (κ1) is 25.4. The Kier molecular flexibility index (Phi) is 8.94. The molecule has 1 saturated carbocycles. The highest BCUT2D eigenvalue weighted by molar-refractivity contribution is 5.80. The average molecular weight is 478 g/mol. The van der Waals surface area contributed by atoms with E-state index in [4.69, 9.17) is 0 Å². The standard InChI is InChI=1S/C29H39N3O3/c1-21(34)32(25-15-17-30-18-16-25)19-22-11-13-23(14-12-22)26-9-5-6-10-27(26)29(35)31-28(20-33)24-7-3-2-4-8-24/h2-4,7-8,11-14,25-28,30,33H,5-6,9-10,15-20H2,1H3,(H,31,35). The van der Waals surface area contributed by atoms with E-state index in [0.717, 1.165) is 62.7 Å². The van der Waals surface area contributed by atoms with Crippen LogP contribution in [0.25, 0.3) is 0 Å². The molecule has 35 heavy (non-hydrogen) atoms. The molecule has 0 spiro atoms. The maximum atomic E-state index is 13.3. The third kappa shape index (κ3) is 6.50. The number of hydrogen-bond donors (Lipinski definition) is 3. The number of piperidine rings is 1. The van der Waals surface area contributed by atoms with Gasteiger partial charge in [0.2, 0.25) is 11.8 Å². The van der Waals surface area contributed by atoms with Crippen molar-refractivity contribution in [1.29, 1.82) is 0 Å². The van der Waals surface area contributed by atoms with E-state index in [1.54, 1.807) is 6.92 Å². The number of nitrogens with zero attached hydrogens (tertiary/aromatic N) is 1. The first-order valence-electron chi connectivity index (χ1n) is 13.1. The van der Waals surface area contributed by atoms with Crippen molar-refractivity contribution in [3.05, 3.63) is 71.3 Å². The molecule has 2 aromatic rings. The fraction of sp³-hybridized carbons (Fsp3) is 0.517. The van der Waals surface area contributed by atoms with Gasteiger partial charge in [0, 0.05) is 25.4 Å². The zero-order valence-corrected chi connectivity index (χ0v) is 20.8. The number of aliphatic hydroxyl groups is 1. The summed E-state index contributed by atoms with van der Waals surface area (Å²) in [6.45, 7) is 4.09. The molecular weight excluding hydrogens is 438 g/mol. The molecule has 0 radical (unpaired) electrons. The molecule has 2 aliphatic rings. The number of carbonyl (C=O) groups is 2. The first-order valence-corrected chi connectivity index (χ1v) is 13.1. The summed E-state index contributed by atoms with van der Waals surface area (Å²) >= 11 is 0. The average Bonchev–Trinajstić information content (AvgIpc) is 2.91. The highest BCUT2D eigenvalue weighted by Crippen LogP contribution is 2.38. The molecule has 4 rings (SSSR count). The smallest absolute Gasteiger partial charge is 0.224 e. The van der Waals surface area contributed by atoms with Crippen LogP contribution in [0.4, 0.5) is 0 Å². The van der Waals surface area contributed by atoms with Crippen molar-refractivity contribution in [3.8, 4) is 0 Å². The molecular formula is C29H39N3O3. The topological polar surface area (TPSA) is 81.7 Å². The van der Waals surface area contributed by atoms with E-state index in [-0.39, 0.29) is 36.3 Å². The van der Waals surface area contributed by atoms with Gasteiger partial charge in [-0.3, -0.25) is 9.59 Å². The molecule has 0 aromatic heterocycles. The van der Waals surface area contributed by atoms with Crippen molar-refractivity contribution in [2.75, 3.05) is 19.7 Å². The largest absolute Gasteiger partial charge is 0.394 e. The van der Waals surface area contributed by atoms with Crippen LogP contribution in [-0.4, -0.2) is 47.6 Å². The Labute approximate surface area is 209 Å². The maximum Gasteiger partial charge on any atom is 0.224 e. The van der Waals surface area contributed by atoms with E-state index in [9.17, 15) is 14.7 Å². The minimum Gasteiger partial charge on any atom is -0.394 e. The summed E-state index contributed by atoms with van der Waals surface area (Å²) in [6, 6.07) is 18.1. The van der Waals surface area contributed by atoms with Gasteiger partial charge >= 0.3 is 0 Å². The number of rotatable bonds is 8. The van der Waals surface area contributed by atoms with Gasteiger partial charge in [0.15, 0.2) is 0 Å². The molecule has 2 fully saturated rings. The molecule has 1 saturated heterocycles. The quantitative estimate of drug-likeness (QED) is 0.538. The maximum absolute atomic E-state index is 13.3. The molecule has 1 aliphatic carbocycles. The lowest BCUT2D eigenvalue weighted by Gasteiger charge is -2.34. The van der Waals surface area contributed by atoms with Gasteiger partial charge in [-0.05, 0) is 61.4 Å². The van der Waals surface area contributed by atoms with Crippen LogP contribution >= 0.6 is 0 Å². The lowest BCUT2D eigenvalue weighted by molar-refractivity contribution is -0.132. The number of aliphatic hydroxyl groups excluding tert-OH is 1. The Bertz CT molecular complexity index is 957. The van der Waals surface area contributed by atoms with Gasteiger partial charge in [-0.2, -0.15) is 0 Å². The summed E-state index contributed by atoms with van der Waals surface area (Å²) in [5.41, 5.74) is 3.23. The lowest BCUT2D eigenvalue weighted by atomic mass is 9.74. The van der Waals surface area contributed by atoms with Crippen molar-refractivity contribution in [1.82, 2.24) is 15.5 Å². The van der Waals surface area contributed by atoms with E-state index in [2.05, 4.69) is 34.9 Å². The van der Waals surface area contributed by atoms with Crippen LogP contribution in [0.15, 0.2) is 54.6 Å². The molecule has 1 aliphatic heterocycles. The predicted molar refractivity (Wildman–Crippen MR) is 138 cm³/mol. The molecule has 3 atom stereocenters. The third-order valence-corrected chi connectivity index (χ3v) is 7.72. The number of benzene rings is 2. The Hall–Kier alpha value is -2.70. The molecule has 188 valence electrons. The number of hydrogen-bond acceptors (Lipinski definition) is 4. The summed E-state index contributed by atoms with van der Waals surface area (Å²) in [7, 11) is 0. The molecule has 1 heterocycles. The second kappa shape index (κ2) is 12.3. The number of amides is 2. The zero-order valence-electron chi connectivity index (χ0n) is 20.8. The van der Waals surface area contributed by atoms with Crippen LogP contribution in [0.1, 0.15) is 74.1 Å². The van der Waals surface area contributed by atoms with E-state index in [1.165, 1.54) is 5.56 Å². The SMILES string of the molecule is CC(=O)N(Cc1ccc(C2CCCCC2C(=O)NC(CO)c2ccccc2)cc1)C1CCNCC1. The van der Waals surface area contributed by atoms with Gasteiger partial charge < -0.3 is 20.6 Å².